The molecule has 0 amide bonds. The highest BCUT2D eigenvalue weighted by atomic mass is 31.1. The minimum absolute atomic E-state index is 0.00148. The molecule has 2 aliphatic rings. The highest BCUT2D eigenvalue weighted by Crippen LogP contribution is 2.43. The molecular weight excluding hydrogens is 424 g/mol. The zero-order valence-corrected chi connectivity index (χ0v) is 19.0. The van der Waals surface area contributed by atoms with Crippen molar-refractivity contribution < 1.29 is 13.2 Å². The summed E-state index contributed by atoms with van der Waals surface area (Å²) in [5, 5.41) is 3.34. The maximum atomic E-state index is 13.9. The number of halogens is 3. The summed E-state index contributed by atoms with van der Waals surface area (Å²) in [6.07, 6.45) is -1.81. The monoisotopic (exact) mass is 452 g/mol. The number of aromatic nitrogens is 3. The predicted molar refractivity (Wildman–Crippen MR) is 118 cm³/mol. The lowest BCUT2D eigenvalue weighted by Gasteiger charge is -2.35. The van der Waals surface area contributed by atoms with Crippen LogP contribution in [0.1, 0.15) is 35.4 Å². The van der Waals surface area contributed by atoms with Gasteiger partial charge in [0.15, 0.2) is 0 Å². The van der Waals surface area contributed by atoms with Gasteiger partial charge in [0.25, 0.3) is 0 Å². The number of hydrogen-bond donors (Lipinski definition) is 1. The van der Waals surface area contributed by atoms with E-state index in [1.54, 1.807) is 6.33 Å². The molecule has 31 heavy (non-hydrogen) atoms. The van der Waals surface area contributed by atoms with Crippen molar-refractivity contribution in [1.29, 1.82) is 0 Å². The van der Waals surface area contributed by atoms with Crippen LogP contribution in [0.4, 0.5) is 24.8 Å². The van der Waals surface area contributed by atoms with Gasteiger partial charge in [-0.15, -0.1) is 0 Å². The molecule has 6 nitrogen and oxygen atoms in total. The van der Waals surface area contributed by atoms with Crippen molar-refractivity contribution in [2.75, 3.05) is 49.5 Å². The Labute approximate surface area is 182 Å². The largest absolute Gasteiger partial charge is 0.418 e. The van der Waals surface area contributed by atoms with E-state index in [0.29, 0.717) is 27.4 Å². The lowest BCUT2D eigenvalue weighted by molar-refractivity contribution is -0.138. The Bertz CT molecular complexity index is 932. The van der Waals surface area contributed by atoms with Crippen molar-refractivity contribution in [3.05, 3.63) is 41.0 Å². The second-order valence-electron chi connectivity index (χ2n) is 8.23. The molecule has 168 valence electrons. The number of alkyl halides is 3. The summed E-state index contributed by atoms with van der Waals surface area (Å²) in [4.78, 5) is 15.8. The topological polar surface area (TPSA) is 57.2 Å². The van der Waals surface area contributed by atoms with E-state index in [4.69, 9.17) is 0 Å². The number of piperazine rings is 1. The minimum Gasteiger partial charge on any atom is -0.354 e. The smallest absolute Gasteiger partial charge is 0.354 e. The van der Waals surface area contributed by atoms with Crippen LogP contribution >= 0.6 is 8.73 Å². The highest BCUT2D eigenvalue weighted by Gasteiger charge is 2.40. The molecule has 3 heterocycles. The highest BCUT2D eigenvalue weighted by molar-refractivity contribution is 7.39. The number of hydrogen-bond acceptors (Lipinski definition) is 6. The van der Waals surface area contributed by atoms with E-state index in [2.05, 4.69) is 25.2 Å². The Morgan fingerprint density at radius 2 is 1.90 bits per heavy atom. The SMILES string of the molecule is CPN(C)c1ccc(C(F)(F)F)c(C2Cc3ncnc(N4CCNCC4)c3CC2C)n1. The Morgan fingerprint density at radius 3 is 2.58 bits per heavy atom. The van der Waals surface area contributed by atoms with Crippen molar-refractivity contribution in [2.24, 2.45) is 5.92 Å². The van der Waals surface area contributed by atoms with Crippen LogP contribution in [0.3, 0.4) is 0 Å². The fraction of sp³-hybridized carbons (Fsp3) is 0.571. The van der Waals surface area contributed by atoms with Crippen LogP contribution in [-0.4, -0.2) is 54.8 Å². The molecule has 1 aliphatic carbocycles. The summed E-state index contributed by atoms with van der Waals surface area (Å²) in [5.74, 6) is 1.16. The molecule has 1 saturated heterocycles. The molecule has 0 radical (unpaired) electrons. The first kappa shape index (κ1) is 22.2. The van der Waals surface area contributed by atoms with Gasteiger partial charge in [0.2, 0.25) is 0 Å². The van der Waals surface area contributed by atoms with Gasteiger partial charge in [-0.2, -0.15) is 13.2 Å². The van der Waals surface area contributed by atoms with Crippen LogP contribution in [0, 0.1) is 5.92 Å². The summed E-state index contributed by atoms with van der Waals surface area (Å²) in [5.41, 5.74) is 1.42. The van der Waals surface area contributed by atoms with Gasteiger partial charge in [0.05, 0.1) is 11.3 Å². The third kappa shape index (κ3) is 4.48. The van der Waals surface area contributed by atoms with Crippen molar-refractivity contribution in [3.8, 4) is 0 Å². The van der Waals surface area contributed by atoms with Crippen molar-refractivity contribution >= 4 is 20.4 Å². The summed E-state index contributed by atoms with van der Waals surface area (Å²) < 4.78 is 43.5. The molecule has 0 bridgehead atoms. The average Bonchev–Trinajstić information content (AvgIpc) is 2.77. The van der Waals surface area contributed by atoms with Crippen molar-refractivity contribution in [3.63, 3.8) is 0 Å². The molecule has 2 aromatic rings. The van der Waals surface area contributed by atoms with Gasteiger partial charge in [0, 0.05) is 50.4 Å². The first-order valence-corrected chi connectivity index (χ1v) is 12.0. The van der Waals surface area contributed by atoms with E-state index in [-0.39, 0.29) is 17.5 Å². The Balaban J connectivity index is 1.73. The zero-order valence-electron chi connectivity index (χ0n) is 18.0. The standard InChI is InChI=1S/C21H28F3N6P/c1-13-10-15-17(26-12-27-20(15)30-8-6-25-7-9-30)11-14(13)19-16(21(22,23)24)4-5-18(28-19)29(2)31-3/h4-5,12-14,25,31H,6-11H2,1-3H3. The van der Waals surface area contributed by atoms with Gasteiger partial charge in [-0.05, 0) is 46.3 Å². The first-order valence-electron chi connectivity index (χ1n) is 10.6. The van der Waals surface area contributed by atoms with Gasteiger partial charge >= 0.3 is 6.18 Å². The molecule has 1 fully saturated rings. The van der Waals surface area contributed by atoms with E-state index in [1.807, 2.05) is 25.3 Å². The van der Waals surface area contributed by atoms with Gasteiger partial charge in [0.1, 0.15) is 18.0 Å². The number of fused-ring (bicyclic) bond motifs is 1. The summed E-state index contributed by atoms with van der Waals surface area (Å²) in [7, 11) is 2.27. The molecule has 3 atom stereocenters. The number of pyridine rings is 1. The molecule has 10 heteroatoms. The Morgan fingerprint density at radius 1 is 1.16 bits per heavy atom. The van der Waals surface area contributed by atoms with Gasteiger partial charge in [-0.25, -0.2) is 15.0 Å². The fourth-order valence-electron chi connectivity index (χ4n) is 4.50. The van der Waals surface area contributed by atoms with E-state index < -0.39 is 11.7 Å². The lowest BCUT2D eigenvalue weighted by atomic mass is 9.76. The van der Waals surface area contributed by atoms with Crippen LogP contribution in [0.25, 0.3) is 0 Å². The van der Waals surface area contributed by atoms with Crippen LogP contribution in [0.5, 0.6) is 0 Å². The molecule has 1 N–H and O–H groups in total. The van der Waals surface area contributed by atoms with E-state index >= 15 is 0 Å². The molecular formula is C21H28F3N6P. The average molecular weight is 452 g/mol. The molecule has 2 aromatic heterocycles. The first-order chi connectivity index (χ1) is 14.8. The van der Waals surface area contributed by atoms with Crippen LogP contribution in [0.2, 0.25) is 0 Å². The van der Waals surface area contributed by atoms with Gasteiger partial charge in [-0.1, -0.05) is 6.92 Å². The van der Waals surface area contributed by atoms with Crippen LogP contribution in [-0.2, 0) is 19.0 Å². The normalized spacial score (nSPS) is 22.1. The third-order valence-corrected chi connectivity index (χ3v) is 7.20. The Hall–Kier alpha value is -1.99. The Kier molecular flexibility index (Phi) is 6.35. The molecule has 0 saturated carbocycles. The number of anilines is 2. The predicted octanol–water partition coefficient (Wildman–Crippen LogP) is 3.48. The quantitative estimate of drug-likeness (QED) is 0.717. The van der Waals surface area contributed by atoms with Gasteiger partial charge in [-0.3, -0.25) is 0 Å². The minimum atomic E-state index is -4.44. The van der Waals surface area contributed by atoms with E-state index in [1.165, 1.54) is 12.1 Å². The van der Waals surface area contributed by atoms with Crippen LogP contribution < -0.4 is 14.9 Å². The molecule has 0 aromatic carbocycles. The van der Waals surface area contributed by atoms with Crippen molar-refractivity contribution in [1.82, 2.24) is 20.3 Å². The van der Waals surface area contributed by atoms with Crippen LogP contribution in [0.15, 0.2) is 18.5 Å². The maximum Gasteiger partial charge on any atom is 0.418 e. The lowest BCUT2D eigenvalue weighted by Crippen LogP contribution is -2.44. The van der Waals surface area contributed by atoms with E-state index in [9.17, 15) is 13.2 Å². The number of nitrogens with one attached hydrogen (secondary N) is 1. The second kappa shape index (κ2) is 8.87. The molecule has 0 spiro atoms. The summed E-state index contributed by atoms with van der Waals surface area (Å²) in [6.45, 7) is 7.53. The summed E-state index contributed by atoms with van der Waals surface area (Å²) in [6, 6.07) is 2.65. The van der Waals surface area contributed by atoms with Gasteiger partial charge < -0.3 is 14.9 Å². The molecule has 4 rings (SSSR count). The number of nitrogens with zero attached hydrogens (tertiary/aromatic N) is 5. The zero-order chi connectivity index (χ0) is 22.2. The van der Waals surface area contributed by atoms with Crippen molar-refractivity contribution in [2.45, 2.75) is 31.9 Å². The molecule has 3 unspecified atom stereocenters. The summed E-state index contributed by atoms with van der Waals surface area (Å²) >= 11 is 0. The van der Waals surface area contributed by atoms with E-state index in [0.717, 1.165) is 43.3 Å². The number of rotatable bonds is 4. The second-order valence-corrected chi connectivity index (χ2v) is 9.35. The molecule has 1 aliphatic heterocycles. The third-order valence-electron chi connectivity index (χ3n) is 6.30. The fourth-order valence-corrected chi connectivity index (χ4v) is 4.85. The maximum absolute atomic E-state index is 13.9.